The maximum atomic E-state index is 4.05. The second-order valence-corrected chi connectivity index (χ2v) is 4.69. The van der Waals surface area contributed by atoms with Gasteiger partial charge in [0.2, 0.25) is 0 Å². The number of anilines is 1. The summed E-state index contributed by atoms with van der Waals surface area (Å²) in [5.74, 6) is 0. The Bertz CT molecular complexity index is 496. The summed E-state index contributed by atoms with van der Waals surface area (Å²) < 4.78 is 0. The summed E-state index contributed by atoms with van der Waals surface area (Å²) in [6, 6.07) is 12.7. The van der Waals surface area contributed by atoms with Gasteiger partial charge in [0, 0.05) is 38.2 Å². The first-order chi connectivity index (χ1) is 9.31. The van der Waals surface area contributed by atoms with Gasteiger partial charge in [-0.25, -0.2) is 0 Å². The molecule has 0 saturated carbocycles. The van der Waals surface area contributed by atoms with E-state index in [1.807, 2.05) is 19.4 Å². The van der Waals surface area contributed by atoms with Crippen LogP contribution in [0.5, 0.6) is 0 Å². The van der Waals surface area contributed by atoms with Gasteiger partial charge < -0.3 is 10.2 Å². The Kier molecular flexibility index (Phi) is 4.93. The smallest absolute Gasteiger partial charge is 0.0409 e. The van der Waals surface area contributed by atoms with Crippen LogP contribution < -0.4 is 10.2 Å². The van der Waals surface area contributed by atoms with Crippen LogP contribution in [-0.4, -0.2) is 25.6 Å². The molecular formula is C16H21N3. The fraction of sp³-hybridized carbons (Fsp3) is 0.312. The largest absolute Gasteiger partial charge is 0.374 e. The summed E-state index contributed by atoms with van der Waals surface area (Å²) in [4.78, 5) is 6.36. The number of pyridine rings is 1. The van der Waals surface area contributed by atoms with Crippen molar-refractivity contribution in [2.24, 2.45) is 0 Å². The van der Waals surface area contributed by atoms with Crippen LogP contribution in [0.1, 0.15) is 11.1 Å². The molecule has 0 saturated heterocycles. The fourth-order valence-electron chi connectivity index (χ4n) is 2.19. The maximum absolute atomic E-state index is 4.05. The van der Waals surface area contributed by atoms with E-state index in [0.717, 1.165) is 19.5 Å². The van der Waals surface area contributed by atoms with Gasteiger partial charge in [-0.05, 0) is 42.8 Å². The third kappa shape index (κ3) is 3.80. The second-order valence-electron chi connectivity index (χ2n) is 4.69. The Morgan fingerprint density at radius 2 is 1.84 bits per heavy atom. The van der Waals surface area contributed by atoms with E-state index < -0.39 is 0 Å². The molecule has 2 rings (SSSR count). The highest BCUT2D eigenvalue weighted by molar-refractivity contribution is 5.53. The molecule has 1 aromatic heterocycles. The average molecular weight is 255 g/mol. The van der Waals surface area contributed by atoms with Crippen molar-refractivity contribution in [3.8, 4) is 0 Å². The summed E-state index contributed by atoms with van der Waals surface area (Å²) in [5, 5.41) is 3.22. The molecule has 1 heterocycles. The van der Waals surface area contributed by atoms with E-state index in [1.54, 1.807) is 0 Å². The molecule has 1 N–H and O–H groups in total. The molecule has 100 valence electrons. The lowest BCUT2D eigenvalue weighted by atomic mass is 10.1. The predicted molar refractivity (Wildman–Crippen MR) is 80.4 cm³/mol. The van der Waals surface area contributed by atoms with Gasteiger partial charge in [-0.1, -0.05) is 18.2 Å². The van der Waals surface area contributed by atoms with Crippen molar-refractivity contribution in [2.45, 2.75) is 13.0 Å². The van der Waals surface area contributed by atoms with Gasteiger partial charge >= 0.3 is 0 Å². The number of rotatable bonds is 6. The minimum atomic E-state index is 0.899. The minimum absolute atomic E-state index is 0.899. The number of para-hydroxylation sites is 1. The average Bonchev–Trinajstić information content (AvgIpc) is 2.47. The first-order valence-electron chi connectivity index (χ1n) is 6.64. The Labute approximate surface area is 115 Å². The minimum Gasteiger partial charge on any atom is -0.374 e. The summed E-state index contributed by atoms with van der Waals surface area (Å²) in [7, 11) is 4.13. The van der Waals surface area contributed by atoms with Crippen LogP contribution in [0.4, 0.5) is 5.69 Å². The van der Waals surface area contributed by atoms with Crippen molar-refractivity contribution in [3.05, 3.63) is 59.9 Å². The zero-order valence-electron chi connectivity index (χ0n) is 11.6. The third-order valence-electron chi connectivity index (χ3n) is 3.26. The van der Waals surface area contributed by atoms with Crippen LogP contribution in [0.25, 0.3) is 0 Å². The molecule has 0 radical (unpaired) electrons. The van der Waals surface area contributed by atoms with E-state index >= 15 is 0 Å². The van der Waals surface area contributed by atoms with Gasteiger partial charge in [-0.15, -0.1) is 0 Å². The van der Waals surface area contributed by atoms with Gasteiger partial charge in [0.25, 0.3) is 0 Å². The van der Waals surface area contributed by atoms with Crippen molar-refractivity contribution in [3.63, 3.8) is 0 Å². The van der Waals surface area contributed by atoms with E-state index in [2.05, 4.69) is 58.6 Å². The Hall–Kier alpha value is -1.87. The van der Waals surface area contributed by atoms with Crippen molar-refractivity contribution >= 4 is 5.69 Å². The molecule has 0 spiro atoms. The number of nitrogens with one attached hydrogen (secondary N) is 1. The van der Waals surface area contributed by atoms with Gasteiger partial charge in [-0.2, -0.15) is 0 Å². The number of benzene rings is 1. The summed E-state index contributed by atoms with van der Waals surface area (Å²) in [6.45, 7) is 1.90. The summed E-state index contributed by atoms with van der Waals surface area (Å²) >= 11 is 0. The Balaban J connectivity index is 2.01. The molecular weight excluding hydrogens is 234 g/mol. The van der Waals surface area contributed by atoms with E-state index in [9.17, 15) is 0 Å². The molecule has 0 atom stereocenters. The van der Waals surface area contributed by atoms with E-state index in [1.165, 1.54) is 16.8 Å². The molecule has 0 aliphatic heterocycles. The molecule has 3 heteroatoms. The van der Waals surface area contributed by atoms with Crippen LogP contribution in [-0.2, 0) is 13.0 Å². The second kappa shape index (κ2) is 6.90. The van der Waals surface area contributed by atoms with Gasteiger partial charge in [0.1, 0.15) is 0 Å². The van der Waals surface area contributed by atoms with Gasteiger partial charge in [0.05, 0.1) is 0 Å². The van der Waals surface area contributed by atoms with Gasteiger partial charge in [0.15, 0.2) is 0 Å². The summed E-state index contributed by atoms with van der Waals surface area (Å²) in [6.07, 6.45) is 4.74. The number of likely N-dealkylation sites (N-methyl/N-ethyl adjacent to an activating group) is 1. The molecule has 3 nitrogen and oxygen atoms in total. The topological polar surface area (TPSA) is 28.2 Å². The third-order valence-corrected chi connectivity index (χ3v) is 3.26. The van der Waals surface area contributed by atoms with Crippen molar-refractivity contribution in [2.75, 3.05) is 25.5 Å². The van der Waals surface area contributed by atoms with Crippen molar-refractivity contribution in [1.82, 2.24) is 10.3 Å². The molecule has 0 fully saturated rings. The molecule has 0 aliphatic rings. The van der Waals surface area contributed by atoms with E-state index in [0.29, 0.717) is 0 Å². The number of aromatic nitrogens is 1. The standard InChI is InChI=1S/C16H21N3/c1-17-13-15-5-3-4-6-16(15)19(2)12-9-14-7-10-18-11-8-14/h3-8,10-11,17H,9,12-13H2,1-2H3. The monoisotopic (exact) mass is 255 g/mol. The van der Waals surface area contributed by atoms with Gasteiger partial charge in [-0.3, -0.25) is 4.98 Å². The predicted octanol–water partition coefficient (Wildman–Crippen LogP) is 2.48. The van der Waals surface area contributed by atoms with E-state index in [4.69, 9.17) is 0 Å². The normalized spacial score (nSPS) is 10.4. The lowest BCUT2D eigenvalue weighted by molar-refractivity contribution is 0.801. The highest BCUT2D eigenvalue weighted by Crippen LogP contribution is 2.19. The lowest BCUT2D eigenvalue weighted by Gasteiger charge is -2.22. The van der Waals surface area contributed by atoms with Crippen LogP contribution in [0.15, 0.2) is 48.8 Å². The highest BCUT2D eigenvalue weighted by atomic mass is 15.1. The van der Waals surface area contributed by atoms with Crippen molar-refractivity contribution < 1.29 is 0 Å². The van der Waals surface area contributed by atoms with Crippen LogP contribution >= 0.6 is 0 Å². The molecule has 0 unspecified atom stereocenters. The molecule has 0 bridgehead atoms. The van der Waals surface area contributed by atoms with Crippen LogP contribution in [0.3, 0.4) is 0 Å². The molecule has 19 heavy (non-hydrogen) atoms. The highest BCUT2D eigenvalue weighted by Gasteiger charge is 2.06. The van der Waals surface area contributed by atoms with E-state index in [-0.39, 0.29) is 0 Å². The van der Waals surface area contributed by atoms with Crippen molar-refractivity contribution in [1.29, 1.82) is 0 Å². The first kappa shape index (κ1) is 13.6. The number of hydrogen-bond donors (Lipinski definition) is 1. The summed E-state index contributed by atoms with van der Waals surface area (Å²) in [5.41, 5.74) is 3.96. The quantitative estimate of drug-likeness (QED) is 0.859. The zero-order chi connectivity index (χ0) is 13.5. The van der Waals surface area contributed by atoms with Crippen LogP contribution in [0, 0.1) is 0 Å². The molecule has 1 aromatic carbocycles. The first-order valence-corrected chi connectivity index (χ1v) is 6.64. The Morgan fingerprint density at radius 1 is 1.11 bits per heavy atom. The molecule has 0 aliphatic carbocycles. The SMILES string of the molecule is CNCc1ccccc1N(C)CCc1ccncc1. The number of nitrogens with zero attached hydrogens (tertiary/aromatic N) is 2. The number of hydrogen-bond acceptors (Lipinski definition) is 3. The zero-order valence-corrected chi connectivity index (χ0v) is 11.6. The lowest BCUT2D eigenvalue weighted by Crippen LogP contribution is -2.22. The Morgan fingerprint density at radius 3 is 2.58 bits per heavy atom. The molecule has 0 amide bonds. The fourth-order valence-corrected chi connectivity index (χ4v) is 2.19. The van der Waals surface area contributed by atoms with Crippen LogP contribution in [0.2, 0.25) is 0 Å². The maximum Gasteiger partial charge on any atom is 0.0409 e. The molecule has 2 aromatic rings.